The van der Waals surface area contributed by atoms with Gasteiger partial charge in [-0.2, -0.15) is 0 Å². The number of ether oxygens (including phenoxy) is 1. The molecule has 1 amide bonds. The molecule has 32 heavy (non-hydrogen) atoms. The number of imidazole rings is 1. The van der Waals surface area contributed by atoms with Gasteiger partial charge in [0, 0.05) is 48.9 Å². The summed E-state index contributed by atoms with van der Waals surface area (Å²) in [7, 11) is 0. The van der Waals surface area contributed by atoms with Crippen LogP contribution >= 0.6 is 0 Å². The van der Waals surface area contributed by atoms with Crippen molar-refractivity contribution in [2.75, 3.05) is 23.3 Å². The second-order valence-corrected chi connectivity index (χ2v) is 7.65. The van der Waals surface area contributed by atoms with Gasteiger partial charge in [-0.3, -0.25) is 9.78 Å². The number of hydrogen-bond donors (Lipinski definition) is 3. The van der Waals surface area contributed by atoms with Gasteiger partial charge in [0.25, 0.3) is 5.91 Å². The molecule has 3 N–H and O–H groups in total. The SMILES string of the molecule is O=C(Nc1cccc(Oc2ccnc3[nH]c(=O)[nH]c23)c1)c1ccnc(N2CCCCC2)c1. The number of aromatic nitrogens is 4. The number of carbonyl (C=O) groups is 1. The molecular formula is C23H22N6O3. The van der Waals surface area contributed by atoms with Gasteiger partial charge in [-0.15, -0.1) is 0 Å². The van der Waals surface area contributed by atoms with E-state index in [1.807, 2.05) is 6.07 Å². The highest BCUT2D eigenvalue weighted by molar-refractivity contribution is 6.04. The minimum Gasteiger partial charge on any atom is -0.455 e. The molecule has 162 valence electrons. The molecule has 1 aliphatic heterocycles. The molecule has 4 aromatic rings. The Bertz CT molecular complexity index is 1320. The fraction of sp³-hybridized carbons (Fsp3) is 0.217. The summed E-state index contributed by atoms with van der Waals surface area (Å²) in [6.45, 7) is 1.93. The summed E-state index contributed by atoms with van der Waals surface area (Å²) < 4.78 is 5.93. The van der Waals surface area contributed by atoms with Gasteiger partial charge < -0.3 is 19.9 Å². The van der Waals surface area contributed by atoms with Crippen LogP contribution in [0.3, 0.4) is 0 Å². The molecule has 1 aromatic carbocycles. The number of hydrogen-bond acceptors (Lipinski definition) is 6. The van der Waals surface area contributed by atoms with Crippen LogP contribution in [-0.2, 0) is 0 Å². The van der Waals surface area contributed by atoms with E-state index in [-0.39, 0.29) is 11.6 Å². The van der Waals surface area contributed by atoms with Gasteiger partial charge in [0.15, 0.2) is 11.4 Å². The molecule has 3 aromatic heterocycles. The lowest BCUT2D eigenvalue weighted by molar-refractivity contribution is 0.102. The quantitative estimate of drug-likeness (QED) is 0.445. The maximum atomic E-state index is 12.8. The summed E-state index contributed by atoms with van der Waals surface area (Å²) in [5.74, 6) is 1.58. The Balaban J connectivity index is 1.32. The van der Waals surface area contributed by atoms with E-state index in [2.05, 4.69) is 30.2 Å². The van der Waals surface area contributed by atoms with E-state index in [4.69, 9.17) is 4.74 Å². The summed E-state index contributed by atoms with van der Waals surface area (Å²) in [5, 5.41) is 2.91. The minimum absolute atomic E-state index is 0.218. The number of benzene rings is 1. The molecule has 0 bridgehead atoms. The molecule has 1 aliphatic rings. The number of fused-ring (bicyclic) bond motifs is 1. The van der Waals surface area contributed by atoms with Gasteiger partial charge >= 0.3 is 5.69 Å². The second-order valence-electron chi connectivity index (χ2n) is 7.65. The lowest BCUT2D eigenvalue weighted by Crippen LogP contribution is -2.30. The monoisotopic (exact) mass is 430 g/mol. The van der Waals surface area contributed by atoms with Crippen molar-refractivity contribution < 1.29 is 9.53 Å². The van der Waals surface area contributed by atoms with E-state index in [0.717, 1.165) is 31.7 Å². The molecular weight excluding hydrogens is 408 g/mol. The van der Waals surface area contributed by atoms with Crippen LogP contribution in [0.2, 0.25) is 0 Å². The first-order valence-corrected chi connectivity index (χ1v) is 10.5. The van der Waals surface area contributed by atoms with Crippen molar-refractivity contribution in [2.24, 2.45) is 0 Å². The summed E-state index contributed by atoms with van der Waals surface area (Å²) in [5.41, 5.74) is 1.68. The van der Waals surface area contributed by atoms with Crippen molar-refractivity contribution in [2.45, 2.75) is 19.3 Å². The first-order chi connectivity index (χ1) is 15.7. The Morgan fingerprint density at radius 3 is 2.72 bits per heavy atom. The van der Waals surface area contributed by atoms with Crippen LogP contribution in [0.1, 0.15) is 29.6 Å². The first kappa shape index (κ1) is 19.8. The number of carbonyl (C=O) groups excluding carboxylic acids is 1. The van der Waals surface area contributed by atoms with E-state index in [1.165, 1.54) is 6.42 Å². The number of nitrogens with zero attached hydrogens (tertiary/aromatic N) is 3. The topological polar surface area (TPSA) is 116 Å². The molecule has 9 heteroatoms. The highest BCUT2D eigenvalue weighted by Gasteiger charge is 2.15. The van der Waals surface area contributed by atoms with Crippen molar-refractivity contribution >= 4 is 28.6 Å². The number of anilines is 2. The number of amides is 1. The molecule has 5 rings (SSSR count). The van der Waals surface area contributed by atoms with Crippen LogP contribution in [0, 0.1) is 0 Å². The third-order valence-electron chi connectivity index (χ3n) is 5.39. The molecule has 0 aliphatic carbocycles. The predicted octanol–water partition coefficient (Wildman–Crippen LogP) is 3.68. The van der Waals surface area contributed by atoms with Crippen molar-refractivity contribution in [3.05, 3.63) is 70.9 Å². The number of aromatic amines is 2. The molecule has 0 radical (unpaired) electrons. The molecule has 1 fully saturated rings. The average molecular weight is 430 g/mol. The Labute approximate surface area is 183 Å². The average Bonchev–Trinajstić information content (AvgIpc) is 3.21. The minimum atomic E-state index is -0.356. The Kier molecular flexibility index (Phi) is 5.29. The van der Waals surface area contributed by atoms with Crippen molar-refractivity contribution in [1.29, 1.82) is 0 Å². The van der Waals surface area contributed by atoms with Crippen molar-refractivity contribution in [1.82, 2.24) is 19.9 Å². The van der Waals surface area contributed by atoms with Crippen molar-refractivity contribution in [3.63, 3.8) is 0 Å². The van der Waals surface area contributed by atoms with E-state index in [0.29, 0.717) is 33.9 Å². The van der Waals surface area contributed by atoms with Crippen LogP contribution in [0.5, 0.6) is 11.5 Å². The molecule has 0 unspecified atom stereocenters. The zero-order valence-electron chi connectivity index (χ0n) is 17.3. The number of H-pyrrole nitrogens is 2. The molecule has 4 heterocycles. The third kappa shape index (κ3) is 4.18. The third-order valence-corrected chi connectivity index (χ3v) is 5.39. The standard InChI is InChI=1S/C23H22N6O3/c30-22(15-7-9-24-19(13-15)29-11-2-1-3-12-29)26-16-5-4-6-17(14-16)32-18-8-10-25-21-20(18)27-23(31)28-21/h4-10,13-14H,1-3,11-12H2,(H,26,30)(H2,25,27,28,31). The van der Waals surface area contributed by atoms with Crippen LogP contribution < -0.4 is 20.6 Å². The number of rotatable bonds is 5. The summed E-state index contributed by atoms with van der Waals surface area (Å²) in [6.07, 6.45) is 6.75. The largest absolute Gasteiger partial charge is 0.455 e. The molecule has 0 spiro atoms. The highest BCUT2D eigenvalue weighted by atomic mass is 16.5. The van der Waals surface area contributed by atoms with E-state index < -0.39 is 0 Å². The van der Waals surface area contributed by atoms with Crippen LogP contribution in [0.15, 0.2) is 59.7 Å². The van der Waals surface area contributed by atoms with Gasteiger partial charge in [0.2, 0.25) is 0 Å². The predicted molar refractivity (Wildman–Crippen MR) is 121 cm³/mol. The highest BCUT2D eigenvalue weighted by Crippen LogP contribution is 2.28. The molecule has 0 atom stereocenters. The van der Waals surface area contributed by atoms with Crippen molar-refractivity contribution in [3.8, 4) is 11.5 Å². The van der Waals surface area contributed by atoms with E-state index in [1.54, 1.807) is 48.8 Å². The Morgan fingerprint density at radius 2 is 1.84 bits per heavy atom. The number of piperidine rings is 1. The van der Waals surface area contributed by atoms with Gasteiger partial charge in [-0.1, -0.05) is 6.07 Å². The molecule has 9 nitrogen and oxygen atoms in total. The number of pyridine rings is 2. The maximum absolute atomic E-state index is 12.8. The van der Waals surface area contributed by atoms with Gasteiger partial charge in [-0.05, 0) is 43.5 Å². The summed E-state index contributed by atoms with van der Waals surface area (Å²) in [4.78, 5) is 40.4. The van der Waals surface area contributed by atoms with Gasteiger partial charge in [0.05, 0.1) is 0 Å². The zero-order valence-corrected chi connectivity index (χ0v) is 17.3. The summed E-state index contributed by atoms with van der Waals surface area (Å²) in [6, 6.07) is 12.3. The zero-order chi connectivity index (χ0) is 21.9. The fourth-order valence-electron chi connectivity index (χ4n) is 3.82. The van der Waals surface area contributed by atoms with E-state index >= 15 is 0 Å². The molecule has 1 saturated heterocycles. The van der Waals surface area contributed by atoms with Crippen LogP contribution in [0.25, 0.3) is 11.2 Å². The number of nitrogens with one attached hydrogen (secondary N) is 3. The lowest BCUT2D eigenvalue weighted by atomic mass is 10.1. The smallest absolute Gasteiger partial charge is 0.325 e. The Hall–Kier alpha value is -4.14. The molecule has 0 saturated carbocycles. The first-order valence-electron chi connectivity index (χ1n) is 10.5. The summed E-state index contributed by atoms with van der Waals surface area (Å²) >= 11 is 0. The van der Waals surface area contributed by atoms with Crippen LogP contribution in [0.4, 0.5) is 11.5 Å². The van der Waals surface area contributed by atoms with Crippen LogP contribution in [-0.4, -0.2) is 38.9 Å². The Morgan fingerprint density at radius 1 is 1.00 bits per heavy atom. The normalized spacial score (nSPS) is 13.8. The fourth-order valence-corrected chi connectivity index (χ4v) is 3.82. The van der Waals surface area contributed by atoms with Gasteiger partial charge in [-0.25, -0.2) is 14.8 Å². The maximum Gasteiger partial charge on any atom is 0.325 e. The van der Waals surface area contributed by atoms with E-state index in [9.17, 15) is 9.59 Å². The van der Waals surface area contributed by atoms with Gasteiger partial charge in [0.1, 0.15) is 17.1 Å². The lowest BCUT2D eigenvalue weighted by Gasteiger charge is -2.27. The second kappa shape index (κ2) is 8.54.